The molecule has 1 unspecified atom stereocenters. The fraction of sp³-hybridized carbons (Fsp3) is 0.182. The number of hydrogen-bond donors (Lipinski definition) is 2. The van der Waals surface area contributed by atoms with Crippen LogP contribution in [0.4, 0.5) is 5.69 Å². The molecule has 168 valence electrons. The molecule has 2 N–H and O–H groups in total. The third kappa shape index (κ3) is 5.98. The number of rotatable bonds is 8. The van der Waals surface area contributed by atoms with Gasteiger partial charge in [-0.25, -0.2) is 8.42 Å². The van der Waals surface area contributed by atoms with Gasteiger partial charge in [0.25, 0.3) is 5.91 Å². The molecule has 32 heavy (non-hydrogen) atoms. The number of anilines is 1. The summed E-state index contributed by atoms with van der Waals surface area (Å²) in [4.78, 5) is 16.5. The number of halogens is 2. The van der Waals surface area contributed by atoms with Crippen molar-refractivity contribution in [2.45, 2.75) is 12.6 Å². The average Bonchev–Trinajstić information content (AvgIpc) is 2.78. The van der Waals surface area contributed by atoms with Crippen LogP contribution < -0.4 is 9.62 Å². The van der Waals surface area contributed by atoms with Crippen LogP contribution in [0, 0.1) is 0 Å². The Kier molecular flexibility index (Phi) is 7.73. The molecule has 10 heteroatoms. The van der Waals surface area contributed by atoms with Gasteiger partial charge in [0.1, 0.15) is 6.10 Å². The molecule has 1 heterocycles. The quantitative estimate of drug-likeness (QED) is 0.496. The van der Waals surface area contributed by atoms with E-state index in [1.807, 2.05) is 0 Å². The second-order valence-electron chi connectivity index (χ2n) is 7.01. The van der Waals surface area contributed by atoms with Crippen molar-refractivity contribution in [2.24, 2.45) is 0 Å². The van der Waals surface area contributed by atoms with E-state index in [-0.39, 0.29) is 18.1 Å². The van der Waals surface area contributed by atoms with Gasteiger partial charge in [-0.1, -0.05) is 41.4 Å². The number of nitrogens with zero attached hydrogens (tertiary/aromatic N) is 2. The van der Waals surface area contributed by atoms with Crippen molar-refractivity contribution in [1.29, 1.82) is 0 Å². The Hall–Kier alpha value is -2.65. The minimum Gasteiger partial charge on any atom is -0.385 e. The first-order valence-electron chi connectivity index (χ1n) is 9.54. The van der Waals surface area contributed by atoms with Crippen LogP contribution in [0.3, 0.4) is 0 Å². The summed E-state index contributed by atoms with van der Waals surface area (Å²) in [6, 6.07) is 16.2. The summed E-state index contributed by atoms with van der Waals surface area (Å²) in [6.07, 6.45) is 1.71. The van der Waals surface area contributed by atoms with Crippen LogP contribution in [0.5, 0.6) is 0 Å². The van der Waals surface area contributed by atoms with Gasteiger partial charge < -0.3 is 10.4 Å². The van der Waals surface area contributed by atoms with E-state index in [1.165, 1.54) is 28.6 Å². The zero-order valence-electron chi connectivity index (χ0n) is 17.1. The first-order valence-corrected chi connectivity index (χ1v) is 12.1. The van der Waals surface area contributed by atoms with Crippen molar-refractivity contribution in [1.82, 2.24) is 10.3 Å². The fourth-order valence-corrected chi connectivity index (χ4v) is 4.23. The highest BCUT2D eigenvalue weighted by molar-refractivity contribution is 7.92. The Balaban J connectivity index is 1.73. The minimum absolute atomic E-state index is 0.0136. The van der Waals surface area contributed by atoms with Gasteiger partial charge >= 0.3 is 0 Å². The maximum Gasteiger partial charge on any atom is 0.251 e. The first-order chi connectivity index (χ1) is 15.2. The topological polar surface area (TPSA) is 99.6 Å². The van der Waals surface area contributed by atoms with Crippen LogP contribution in [0.2, 0.25) is 10.0 Å². The van der Waals surface area contributed by atoms with Gasteiger partial charge in [0.2, 0.25) is 10.0 Å². The number of carbonyl (C=O) groups is 1. The molecule has 1 aromatic heterocycles. The zero-order valence-corrected chi connectivity index (χ0v) is 19.4. The Labute approximate surface area is 196 Å². The molecule has 0 fully saturated rings. The van der Waals surface area contributed by atoms with E-state index in [0.717, 1.165) is 6.26 Å². The van der Waals surface area contributed by atoms with Crippen LogP contribution in [-0.4, -0.2) is 37.2 Å². The second kappa shape index (κ2) is 10.3. The van der Waals surface area contributed by atoms with E-state index in [4.69, 9.17) is 23.2 Å². The lowest BCUT2D eigenvalue weighted by Crippen LogP contribution is -2.30. The highest BCUT2D eigenvalue weighted by atomic mass is 35.5. The molecular weight excluding hydrogens is 473 g/mol. The number of hydrogen-bond acceptors (Lipinski definition) is 5. The first kappa shape index (κ1) is 24.0. The SMILES string of the molecule is CS(=O)(=O)N(Cc1cccc(Cl)c1Cl)c1ccc(C(=O)NCC(O)c2ccccn2)cc1. The van der Waals surface area contributed by atoms with Crippen LogP contribution >= 0.6 is 23.2 Å². The van der Waals surface area contributed by atoms with E-state index < -0.39 is 22.0 Å². The van der Waals surface area contributed by atoms with Gasteiger partial charge in [-0.15, -0.1) is 0 Å². The number of aliphatic hydroxyl groups is 1. The van der Waals surface area contributed by atoms with Gasteiger partial charge in [0.15, 0.2) is 0 Å². The van der Waals surface area contributed by atoms with Gasteiger partial charge in [0, 0.05) is 18.3 Å². The van der Waals surface area contributed by atoms with Gasteiger partial charge in [0.05, 0.1) is 34.2 Å². The van der Waals surface area contributed by atoms with E-state index in [2.05, 4.69) is 10.3 Å². The number of amides is 1. The number of aliphatic hydroxyl groups excluding tert-OH is 1. The summed E-state index contributed by atoms with van der Waals surface area (Å²) in [6.45, 7) is -0.0274. The molecule has 0 aliphatic rings. The monoisotopic (exact) mass is 493 g/mol. The number of nitrogens with one attached hydrogen (secondary N) is 1. The van der Waals surface area contributed by atoms with Crippen molar-refractivity contribution in [3.63, 3.8) is 0 Å². The van der Waals surface area contributed by atoms with E-state index in [1.54, 1.807) is 42.6 Å². The molecule has 3 aromatic rings. The number of aromatic nitrogens is 1. The van der Waals surface area contributed by atoms with Crippen LogP contribution in [-0.2, 0) is 16.6 Å². The van der Waals surface area contributed by atoms with Crippen molar-refractivity contribution in [3.8, 4) is 0 Å². The Morgan fingerprint density at radius 2 is 1.81 bits per heavy atom. The molecule has 0 bridgehead atoms. The van der Waals surface area contributed by atoms with Gasteiger partial charge in [-0.2, -0.15) is 0 Å². The second-order valence-corrected chi connectivity index (χ2v) is 9.70. The third-order valence-electron chi connectivity index (χ3n) is 4.65. The lowest BCUT2D eigenvalue weighted by atomic mass is 10.1. The smallest absolute Gasteiger partial charge is 0.251 e. The predicted molar refractivity (Wildman–Crippen MR) is 125 cm³/mol. The summed E-state index contributed by atoms with van der Waals surface area (Å²) in [5, 5.41) is 13.4. The Morgan fingerprint density at radius 3 is 2.44 bits per heavy atom. The summed E-state index contributed by atoms with van der Waals surface area (Å²) in [7, 11) is -3.64. The van der Waals surface area contributed by atoms with Crippen molar-refractivity contribution in [3.05, 3.63) is 93.7 Å². The zero-order chi connectivity index (χ0) is 23.3. The molecule has 0 spiro atoms. The summed E-state index contributed by atoms with van der Waals surface area (Å²) >= 11 is 12.3. The van der Waals surface area contributed by atoms with Crippen LogP contribution in [0.15, 0.2) is 66.9 Å². The normalized spacial score (nSPS) is 12.2. The lowest BCUT2D eigenvalue weighted by Gasteiger charge is -2.23. The molecule has 0 saturated carbocycles. The molecule has 7 nitrogen and oxygen atoms in total. The maximum atomic E-state index is 12.4. The van der Waals surface area contributed by atoms with Crippen molar-refractivity contribution in [2.75, 3.05) is 17.1 Å². The lowest BCUT2D eigenvalue weighted by molar-refractivity contribution is 0.0914. The standard InChI is InChI=1S/C22H21Cl2N3O4S/c1-32(30,31)27(14-16-5-4-6-18(23)21(16)24)17-10-8-15(9-11-17)22(29)26-13-20(28)19-7-2-3-12-25-19/h2-12,20,28H,13-14H2,1H3,(H,26,29). The molecule has 1 amide bonds. The predicted octanol–water partition coefficient (Wildman–Crippen LogP) is 3.82. The van der Waals surface area contributed by atoms with Gasteiger partial charge in [-0.3, -0.25) is 14.1 Å². The summed E-state index contributed by atoms with van der Waals surface area (Å²) in [5.74, 6) is -0.407. The molecule has 1 atom stereocenters. The van der Waals surface area contributed by atoms with E-state index in [0.29, 0.717) is 27.5 Å². The summed E-state index contributed by atoms with van der Waals surface area (Å²) in [5.41, 5.74) is 1.69. The molecule has 2 aromatic carbocycles. The average molecular weight is 494 g/mol. The number of sulfonamides is 1. The van der Waals surface area contributed by atoms with Crippen LogP contribution in [0.1, 0.15) is 27.7 Å². The molecule has 0 aliphatic carbocycles. The Bertz CT molecular complexity index is 1190. The molecule has 3 rings (SSSR count). The van der Waals surface area contributed by atoms with E-state index >= 15 is 0 Å². The van der Waals surface area contributed by atoms with Gasteiger partial charge in [-0.05, 0) is 48.0 Å². The largest absolute Gasteiger partial charge is 0.385 e. The maximum absolute atomic E-state index is 12.4. The molecule has 0 aliphatic heterocycles. The minimum atomic E-state index is -3.64. The summed E-state index contributed by atoms with van der Waals surface area (Å²) < 4.78 is 26.0. The van der Waals surface area contributed by atoms with Crippen LogP contribution in [0.25, 0.3) is 0 Å². The molecular formula is C22H21Cl2N3O4S. The number of carbonyl (C=O) groups excluding carboxylic acids is 1. The number of benzene rings is 2. The highest BCUT2D eigenvalue weighted by Gasteiger charge is 2.20. The fourth-order valence-electron chi connectivity index (χ4n) is 2.97. The Morgan fingerprint density at radius 1 is 1.09 bits per heavy atom. The third-order valence-corrected chi connectivity index (χ3v) is 6.65. The van der Waals surface area contributed by atoms with Crippen molar-refractivity contribution < 1.29 is 18.3 Å². The van der Waals surface area contributed by atoms with E-state index in [9.17, 15) is 18.3 Å². The molecule has 0 radical (unpaired) electrons. The van der Waals surface area contributed by atoms with Crippen molar-refractivity contribution >= 4 is 44.8 Å². The number of pyridine rings is 1. The molecule has 0 saturated heterocycles. The highest BCUT2D eigenvalue weighted by Crippen LogP contribution is 2.29.